The number of ether oxygens (including phenoxy) is 1. The van der Waals surface area contributed by atoms with Gasteiger partial charge in [-0.05, 0) is 53.4 Å². The van der Waals surface area contributed by atoms with Crippen LogP contribution in [-0.2, 0) is 25.5 Å². The molecule has 0 bridgehead atoms. The number of carbonyl (C=O) groups excluding carboxylic acids is 2. The Kier molecular flexibility index (Phi) is 8.20. The molecule has 8 heteroatoms. The van der Waals surface area contributed by atoms with Gasteiger partial charge in [0, 0.05) is 44.2 Å². The zero-order valence-electron chi connectivity index (χ0n) is 20.9. The first-order chi connectivity index (χ1) is 17.9. The maximum Gasteiger partial charge on any atom is 0.303 e. The topological polar surface area (TPSA) is 108 Å². The average molecular weight is 502 g/mol. The number of carbonyl (C=O) groups is 3. The number of nitrogens with one attached hydrogen (secondary N) is 2. The molecular formula is C29H31N3O5. The minimum absolute atomic E-state index is 0.0207. The second-order valence-corrected chi connectivity index (χ2v) is 9.08. The van der Waals surface area contributed by atoms with Crippen molar-refractivity contribution < 1.29 is 24.2 Å². The number of para-hydroxylation sites is 1. The molecule has 0 spiro atoms. The number of aliphatic carboxylic acids is 1. The highest BCUT2D eigenvalue weighted by Crippen LogP contribution is 2.32. The van der Waals surface area contributed by atoms with E-state index in [1.807, 2.05) is 72.8 Å². The SMILES string of the molecule is COC(CCC(=O)O)c1ccc(N(C)C(=O)Cc2ccc(NC(=O)C3CNc4ccccc43)cc2)cc1. The molecule has 4 rings (SSSR count). The van der Waals surface area contributed by atoms with Crippen LogP contribution in [0.2, 0.25) is 0 Å². The number of anilines is 3. The van der Waals surface area contributed by atoms with E-state index in [0.29, 0.717) is 18.7 Å². The van der Waals surface area contributed by atoms with Crippen molar-refractivity contribution in [2.75, 3.05) is 36.2 Å². The van der Waals surface area contributed by atoms with E-state index in [9.17, 15) is 14.4 Å². The van der Waals surface area contributed by atoms with E-state index in [2.05, 4.69) is 10.6 Å². The van der Waals surface area contributed by atoms with Gasteiger partial charge in [0.1, 0.15) is 0 Å². The number of hydrogen-bond acceptors (Lipinski definition) is 5. The largest absolute Gasteiger partial charge is 0.481 e. The number of rotatable bonds is 10. The normalized spacial score (nSPS) is 14.8. The van der Waals surface area contributed by atoms with Gasteiger partial charge in [-0.25, -0.2) is 0 Å². The molecule has 0 aromatic heterocycles. The molecule has 3 aromatic carbocycles. The van der Waals surface area contributed by atoms with E-state index < -0.39 is 5.97 Å². The summed E-state index contributed by atoms with van der Waals surface area (Å²) < 4.78 is 5.42. The minimum Gasteiger partial charge on any atom is -0.481 e. The molecule has 1 aliphatic rings. The first-order valence-corrected chi connectivity index (χ1v) is 12.2. The van der Waals surface area contributed by atoms with Crippen molar-refractivity contribution in [1.29, 1.82) is 0 Å². The number of benzene rings is 3. The number of methoxy groups -OCH3 is 1. The van der Waals surface area contributed by atoms with Crippen LogP contribution in [0.15, 0.2) is 72.8 Å². The highest BCUT2D eigenvalue weighted by atomic mass is 16.5. The fourth-order valence-corrected chi connectivity index (χ4v) is 4.48. The maximum absolute atomic E-state index is 12.9. The standard InChI is InChI=1S/C29H31N3O5/c1-32(22-13-9-20(10-14-22)26(37-2)15-16-28(34)35)27(33)17-19-7-11-21(12-8-19)31-29(36)24-18-30-25-6-4-3-5-23(24)25/h3-14,24,26,30H,15-18H2,1-2H3,(H,31,36)(H,34,35). The molecule has 37 heavy (non-hydrogen) atoms. The molecule has 0 fully saturated rings. The molecule has 2 atom stereocenters. The van der Waals surface area contributed by atoms with Crippen LogP contribution < -0.4 is 15.5 Å². The molecule has 1 aliphatic heterocycles. The molecule has 2 amide bonds. The third-order valence-electron chi connectivity index (χ3n) is 6.66. The lowest BCUT2D eigenvalue weighted by Gasteiger charge is -2.20. The Bertz CT molecular complexity index is 1260. The van der Waals surface area contributed by atoms with E-state index in [1.54, 1.807) is 19.1 Å². The summed E-state index contributed by atoms with van der Waals surface area (Å²) in [5.74, 6) is -1.25. The number of amides is 2. The summed E-state index contributed by atoms with van der Waals surface area (Å²) in [6, 6.07) is 22.5. The summed E-state index contributed by atoms with van der Waals surface area (Å²) in [7, 11) is 3.27. The average Bonchev–Trinajstić information content (AvgIpc) is 3.34. The molecule has 0 aliphatic carbocycles. The van der Waals surface area contributed by atoms with Crippen molar-refractivity contribution in [2.24, 2.45) is 0 Å². The number of likely N-dealkylation sites (N-methyl/N-ethyl adjacent to an activating group) is 1. The predicted octanol–water partition coefficient (Wildman–Crippen LogP) is 4.59. The Labute approximate surface area is 216 Å². The van der Waals surface area contributed by atoms with Gasteiger partial charge in [0.15, 0.2) is 0 Å². The zero-order valence-corrected chi connectivity index (χ0v) is 20.9. The number of hydrogen-bond donors (Lipinski definition) is 3. The summed E-state index contributed by atoms with van der Waals surface area (Å²) >= 11 is 0. The smallest absolute Gasteiger partial charge is 0.303 e. The lowest BCUT2D eigenvalue weighted by Crippen LogP contribution is -2.27. The Morgan fingerprint density at radius 1 is 1.05 bits per heavy atom. The molecule has 192 valence electrons. The van der Waals surface area contributed by atoms with Crippen LogP contribution >= 0.6 is 0 Å². The van der Waals surface area contributed by atoms with Crippen LogP contribution in [-0.4, -0.2) is 43.6 Å². The number of fused-ring (bicyclic) bond motifs is 1. The highest BCUT2D eigenvalue weighted by molar-refractivity contribution is 5.98. The van der Waals surface area contributed by atoms with Gasteiger partial charge in [0.2, 0.25) is 11.8 Å². The third kappa shape index (κ3) is 6.34. The Hall–Kier alpha value is -4.17. The summed E-state index contributed by atoms with van der Waals surface area (Å²) in [5, 5.41) is 15.1. The maximum atomic E-state index is 12.9. The molecule has 1 heterocycles. The van der Waals surface area contributed by atoms with Crippen LogP contribution in [0.1, 0.15) is 41.6 Å². The first kappa shape index (κ1) is 25.9. The van der Waals surface area contributed by atoms with Gasteiger partial charge in [-0.2, -0.15) is 0 Å². The third-order valence-corrected chi connectivity index (χ3v) is 6.66. The van der Waals surface area contributed by atoms with Crippen molar-refractivity contribution in [3.8, 4) is 0 Å². The molecule has 0 saturated heterocycles. The second kappa shape index (κ2) is 11.7. The quantitative estimate of drug-likeness (QED) is 0.375. The van der Waals surface area contributed by atoms with Crippen LogP contribution in [0.3, 0.4) is 0 Å². The van der Waals surface area contributed by atoms with Crippen LogP contribution in [0, 0.1) is 0 Å². The molecule has 3 aromatic rings. The lowest BCUT2D eigenvalue weighted by molar-refractivity contribution is -0.137. The molecule has 3 N–H and O–H groups in total. The fourth-order valence-electron chi connectivity index (χ4n) is 4.48. The van der Waals surface area contributed by atoms with Gasteiger partial charge in [-0.15, -0.1) is 0 Å². The summed E-state index contributed by atoms with van der Waals surface area (Å²) in [4.78, 5) is 38.1. The summed E-state index contributed by atoms with van der Waals surface area (Å²) in [6.07, 6.45) is 0.296. The molecule has 8 nitrogen and oxygen atoms in total. The van der Waals surface area contributed by atoms with Gasteiger partial charge < -0.3 is 25.4 Å². The number of carboxylic acid groups (broad SMARTS) is 1. The molecule has 0 saturated carbocycles. The van der Waals surface area contributed by atoms with Crippen molar-refractivity contribution in [1.82, 2.24) is 0 Å². The Balaban J connectivity index is 1.32. The second-order valence-electron chi connectivity index (χ2n) is 9.08. The van der Waals surface area contributed by atoms with Crippen molar-refractivity contribution in [3.63, 3.8) is 0 Å². The van der Waals surface area contributed by atoms with E-state index in [0.717, 1.165) is 28.1 Å². The van der Waals surface area contributed by atoms with E-state index >= 15 is 0 Å². The van der Waals surface area contributed by atoms with Crippen LogP contribution in [0.4, 0.5) is 17.1 Å². The monoisotopic (exact) mass is 501 g/mol. The van der Waals surface area contributed by atoms with E-state index in [-0.39, 0.29) is 36.7 Å². The van der Waals surface area contributed by atoms with Gasteiger partial charge in [0.25, 0.3) is 0 Å². The van der Waals surface area contributed by atoms with Gasteiger partial charge in [-0.1, -0.05) is 42.5 Å². The molecular weight excluding hydrogens is 470 g/mol. The molecule has 2 unspecified atom stereocenters. The predicted molar refractivity (Wildman–Crippen MR) is 143 cm³/mol. The number of nitrogens with zero attached hydrogens (tertiary/aromatic N) is 1. The highest BCUT2D eigenvalue weighted by Gasteiger charge is 2.28. The minimum atomic E-state index is -0.865. The zero-order chi connectivity index (χ0) is 26.4. The first-order valence-electron chi connectivity index (χ1n) is 12.2. The van der Waals surface area contributed by atoms with Crippen LogP contribution in [0.25, 0.3) is 0 Å². The van der Waals surface area contributed by atoms with Gasteiger partial charge >= 0.3 is 5.97 Å². The number of carboxylic acids is 1. The Morgan fingerprint density at radius 2 is 1.76 bits per heavy atom. The van der Waals surface area contributed by atoms with Gasteiger partial charge in [-0.3, -0.25) is 14.4 Å². The van der Waals surface area contributed by atoms with Crippen molar-refractivity contribution in [3.05, 3.63) is 89.5 Å². The van der Waals surface area contributed by atoms with Crippen molar-refractivity contribution >= 4 is 34.8 Å². The Morgan fingerprint density at radius 3 is 2.43 bits per heavy atom. The lowest BCUT2D eigenvalue weighted by atomic mass is 10.0. The fraction of sp³-hybridized carbons (Fsp3) is 0.276. The van der Waals surface area contributed by atoms with E-state index in [1.165, 1.54) is 0 Å². The van der Waals surface area contributed by atoms with E-state index in [4.69, 9.17) is 9.84 Å². The van der Waals surface area contributed by atoms with Crippen LogP contribution in [0.5, 0.6) is 0 Å². The summed E-state index contributed by atoms with van der Waals surface area (Å²) in [5.41, 5.74) is 5.11. The van der Waals surface area contributed by atoms with Gasteiger partial charge in [0.05, 0.1) is 18.4 Å². The summed E-state index contributed by atoms with van der Waals surface area (Å²) in [6.45, 7) is 0.569. The molecule has 0 radical (unpaired) electrons. The van der Waals surface area contributed by atoms with Crippen molar-refractivity contribution in [2.45, 2.75) is 31.3 Å².